The number of amides is 5. The highest BCUT2D eigenvalue weighted by atomic mass is 16.2. The molecular formula is C34H50N6O5. The molecule has 0 radical (unpaired) electrons. The highest BCUT2D eigenvalue weighted by molar-refractivity contribution is 5.96. The van der Waals surface area contributed by atoms with Crippen LogP contribution in [0.2, 0.25) is 0 Å². The Hall–Kier alpha value is -4.25. The molecule has 2 aromatic carbocycles. The van der Waals surface area contributed by atoms with E-state index in [9.17, 15) is 24.0 Å². The highest BCUT2D eigenvalue weighted by Crippen LogP contribution is 2.11. The van der Waals surface area contributed by atoms with Gasteiger partial charge in [0.25, 0.3) is 0 Å². The molecule has 0 bridgehead atoms. The van der Waals surface area contributed by atoms with E-state index in [1.165, 1.54) is 0 Å². The second kappa shape index (κ2) is 17.9. The average Bonchev–Trinajstić information content (AvgIpc) is 2.97. The summed E-state index contributed by atoms with van der Waals surface area (Å²) in [5.41, 5.74) is 13.2. The zero-order chi connectivity index (χ0) is 33.7. The SMILES string of the molecule is CC(C)C[C@@H](N)C(=O)N[C@@H](C(=O)N[C@H](Cc1ccccc1)C(=O)N[C@H](Cc1ccccc1)C(=O)N[C@@H](C(N)=O)C(C)C)C(C)C. The van der Waals surface area contributed by atoms with Crippen molar-refractivity contribution in [3.63, 3.8) is 0 Å². The monoisotopic (exact) mass is 622 g/mol. The Morgan fingerprint density at radius 1 is 0.578 bits per heavy atom. The molecule has 11 nitrogen and oxygen atoms in total. The standard InChI is InChI=1S/C34H50N6O5/c1-20(2)17-25(35)31(42)40-29(22(5)6)34(45)38-26(18-23-13-9-7-10-14-23)32(43)37-27(19-24-15-11-8-12-16-24)33(44)39-28(21(3)4)30(36)41/h7-16,20-22,25-29H,17-19,35H2,1-6H3,(H2,36,41)(H,37,43)(H,38,45)(H,39,44)(H,40,42)/t25-,26-,27-,28-,29-/m1/s1. The van der Waals surface area contributed by atoms with Gasteiger partial charge in [-0.15, -0.1) is 0 Å². The molecule has 5 amide bonds. The fourth-order valence-electron chi connectivity index (χ4n) is 4.88. The minimum Gasteiger partial charge on any atom is -0.368 e. The number of nitrogens with two attached hydrogens (primary N) is 2. The molecule has 8 N–H and O–H groups in total. The summed E-state index contributed by atoms with van der Waals surface area (Å²) < 4.78 is 0. The molecule has 0 unspecified atom stereocenters. The number of primary amides is 1. The number of hydrogen-bond donors (Lipinski definition) is 6. The Morgan fingerprint density at radius 3 is 1.38 bits per heavy atom. The van der Waals surface area contributed by atoms with Crippen molar-refractivity contribution in [3.8, 4) is 0 Å². The Labute approximate surface area is 266 Å². The van der Waals surface area contributed by atoms with Crippen LogP contribution in [-0.2, 0) is 36.8 Å². The molecule has 2 rings (SSSR count). The van der Waals surface area contributed by atoms with Gasteiger partial charge in [-0.1, -0.05) is 102 Å². The van der Waals surface area contributed by atoms with Crippen molar-refractivity contribution in [1.82, 2.24) is 21.3 Å². The third-order valence-electron chi connectivity index (χ3n) is 7.41. The second-order valence-corrected chi connectivity index (χ2v) is 12.6. The number of rotatable bonds is 17. The van der Waals surface area contributed by atoms with Crippen molar-refractivity contribution < 1.29 is 24.0 Å². The van der Waals surface area contributed by atoms with Gasteiger partial charge in [-0.3, -0.25) is 24.0 Å². The molecule has 0 aliphatic rings. The predicted octanol–water partition coefficient (Wildman–Crippen LogP) is 1.58. The summed E-state index contributed by atoms with van der Waals surface area (Å²) in [4.78, 5) is 65.8. The van der Waals surface area contributed by atoms with E-state index in [1.807, 2.05) is 74.5 Å². The van der Waals surface area contributed by atoms with Gasteiger partial charge in [0.05, 0.1) is 6.04 Å². The van der Waals surface area contributed by atoms with Gasteiger partial charge in [-0.2, -0.15) is 0 Å². The minimum atomic E-state index is -1.09. The molecule has 0 fully saturated rings. The number of nitrogens with one attached hydrogen (secondary N) is 4. The second-order valence-electron chi connectivity index (χ2n) is 12.6. The van der Waals surface area contributed by atoms with Crippen LogP contribution in [0.1, 0.15) is 59.1 Å². The smallest absolute Gasteiger partial charge is 0.243 e. The van der Waals surface area contributed by atoms with Crippen LogP contribution in [0.25, 0.3) is 0 Å². The number of benzene rings is 2. The van der Waals surface area contributed by atoms with Gasteiger partial charge >= 0.3 is 0 Å². The Kier molecular flexibility index (Phi) is 14.7. The van der Waals surface area contributed by atoms with E-state index < -0.39 is 59.7 Å². The van der Waals surface area contributed by atoms with E-state index in [0.29, 0.717) is 6.42 Å². The van der Waals surface area contributed by atoms with Gasteiger partial charge < -0.3 is 32.7 Å². The molecular weight excluding hydrogens is 572 g/mol. The number of carbonyl (C=O) groups is 5. The fourth-order valence-corrected chi connectivity index (χ4v) is 4.88. The normalized spacial score (nSPS) is 14.6. The highest BCUT2D eigenvalue weighted by Gasteiger charge is 2.33. The molecule has 45 heavy (non-hydrogen) atoms. The summed E-state index contributed by atoms with van der Waals surface area (Å²) in [6, 6.07) is 13.4. The topological polar surface area (TPSA) is 186 Å². The van der Waals surface area contributed by atoms with Crippen LogP contribution in [-0.4, -0.2) is 59.7 Å². The maximum atomic E-state index is 13.9. The molecule has 11 heteroatoms. The summed E-state index contributed by atoms with van der Waals surface area (Å²) in [6.45, 7) is 11.0. The third kappa shape index (κ3) is 12.3. The van der Waals surface area contributed by atoms with Crippen molar-refractivity contribution in [2.24, 2.45) is 29.2 Å². The Bertz CT molecular complexity index is 1270. The molecule has 2 aromatic rings. The van der Waals surface area contributed by atoms with Gasteiger partial charge in [0, 0.05) is 12.8 Å². The molecule has 5 atom stereocenters. The molecule has 0 saturated carbocycles. The van der Waals surface area contributed by atoms with E-state index in [-0.39, 0.29) is 30.6 Å². The van der Waals surface area contributed by atoms with E-state index in [4.69, 9.17) is 11.5 Å². The van der Waals surface area contributed by atoms with E-state index in [1.54, 1.807) is 27.7 Å². The zero-order valence-electron chi connectivity index (χ0n) is 27.2. The van der Waals surface area contributed by atoms with Crippen LogP contribution >= 0.6 is 0 Å². The minimum absolute atomic E-state index is 0.125. The van der Waals surface area contributed by atoms with Crippen molar-refractivity contribution in [1.29, 1.82) is 0 Å². The third-order valence-corrected chi connectivity index (χ3v) is 7.41. The van der Waals surface area contributed by atoms with E-state index in [2.05, 4.69) is 21.3 Å². The van der Waals surface area contributed by atoms with Gasteiger partial charge in [-0.25, -0.2) is 0 Å². The van der Waals surface area contributed by atoms with Crippen molar-refractivity contribution in [3.05, 3.63) is 71.8 Å². The summed E-state index contributed by atoms with van der Waals surface area (Å²) in [5, 5.41) is 11.0. The van der Waals surface area contributed by atoms with Crippen molar-refractivity contribution in [2.45, 2.75) is 91.0 Å². The molecule has 0 saturated heterocycles. The van der Waals surface area contributed by atoms with Gasteiger partial charge in [0.1, 0.15) is 24.2 Å². The lowest BCUT2D eigenvalue weighted by molar-refractivity contribution is -0.135. The van der Waals surface area contributed by atoms with E-state index in [0.717, 1.165) is 11.1 Å². The first-order chi connectivity index (χ1) is 21.2. The van der Waals surface area contributed by atoms with Crippen LogP contribution in [0, 0.1) is 17.8 Å². The first-order valence-electron chi connectivity index (χ1n) is 15.5. The molecule has 0 heterocycles. The van der Waals surface area contributed by atoms with Crippen LogP contribution in [0.5, 0.6) is 0 Å². The fraction of sp³-hybridized carbons (Fsp3) is 0.500. The van der Waals surface area contributed by atoms with Crippen LogP contribution in [0.15, 0.2) is 60.7 Å². The number of carbonyl (C=O) groups excluding carboxylic acids is 5. The lowest BCUT2D eigenvalue weighted by atomic mass is 9.98. The van der Waals surface area contributed by atoms with Gasteiger partial charge in [0.2, 0.25) is 29.5 Å². The molecule has 0 aliphatic heterocycles. The first-order valence-corrected chi connectivity index (χ1v) is 15.5. The summed E-state index contributed by atoms with van der Waals surface area (Å²) in [7, 11) is 0. The first kappa shape index (κ1) is 36.9. The van der Waals surface area contributed by atoms with Gasteiger partial charge in [-0.05, 0) is 35.3 Å². The van der Waals surface area contributed by atoms with Crippen molar-refractivity contribution in [2.75, 3.05) is 0 Å². The Morgan fingerprint density at radius 2 is 0.978 bits per heavy atom. The summed E-state index contributed by atoms with van der Waals surface area (Å²) >= 11 is 0. The molecule has 0 spiro atoms. The maximum Gasteiger partial charge on any atom is 0.243 e. The van der Waals surface area contributed by atoms with E-state index >= 15 is 0 Å². The van der Waals surface area contributed by atoms with Crippen LogP contribution in [0.3, 0.4) is 0 Å². The molecule has 0 aliphatic carbocycles. The van der Waals surface area contributed by atoms with Crippen LogP contribution < -0.4 is 32.7 Å². The quantitative estimate of drug-likeness (QED) is 0.156. The lowest BCUT2D eigenvalue weighted by Crippen LogP contribution is -2.60. The summed E-state index contributed by atoms with van der Waals surface area (Å²) in [6.07, 6.45) is 0.710. The van der Waals surface area contributed by atoms with Gasteiger partial charge in [0.15, 0.2) is 0 Å². The zero-order valence-corrected chi connectivity index (χ0v) is 27.2. The average molecular weight is 623 g/mol. The maximum absolute atomic E-state index is 13.9. The predicted molar refractivity (Wildman–Crippen MR) is 174 cm³/mol. The lowest BCUT2D eigenvalue weighted by Gasteiger charge is -2.28. The number of hydrogen-bond acceptors (Lipinski definition) is 6. The molecule has 246 valence electrons. The van der Waals surface area contributed by atoms with Crippen LogP contribution in [0.4, 0.5) is 0 Å². The largest absolute Gasteiger partial charge is 0.368 e. The summed E-state index contributed by atoms with van der Waals surface area (Å²) in [5.74, 6) is -3.27. The van der Waals surface area contributed by atoms with Crippen molar-refractivity contribution >= 4 is 29.5 Å². The molecule has 0 aromatic heterocycles. The Balaban J connectivity index is 2.36.